The Hall–Kier alpha value is -1.48. The molecule has 132 valence electrons. The van der Waals surface area contributed by atoms with Crippen LogP contribution in [0.2, 0.25) is 0 Å². The molecule has 0 unspecified atom stereocenters. The first-order valence-electron chi connectivity index (χ1n) is 7.97. The smallest absolute Gasteiger partial charge is 0.255 e. The monoisotopic (exact) mass is 353 g/mol. The number of nitrogens with one attached hydrogen (secondary N) is 1. The second-order valence-electron chi connectivity index (χ2n) is 6.44. The fourth-order valence-corrected chi connectivity index (χ4v) is 4.65. The van der Waals surface area contributed by atoms with Crippen LogP contribution >= 0.6 is 0 Å². The highest BCUT2D eigenvalue weighted by atomic mass is 32.2. The van der Waals surface area contributed by atoms with Crippen molar-refractivity contribution in [3.8, 4) is 0 Å². The van der Waals surface area contributed by atoms with Crippen LogP contribution in [-0.4, -0.2) is 51.6 Å². The number of ether oxygens (including phenoxy) is 1. The Kier molecular flexibility index (Phi) is 4.41. The normalized spacial score (nSPS) is 26.6. The number of carbonyl (C=O) groups is 1. The number of hydrogen-bond donors (Lipinski definition) is 2. The maximum Gasteiger partial charge on any atom is 0.255 e. The van der Waals surface area contributed by atoms with Gasteiger partial charge in [-0.25, -0.2) is 13.1 Å². The van der Waals surface area contributed by atoms with E-state index in [1.54, 1.807) is 24.1 Å². The van der Waals surface area contributed by atoms with Crippen molar-refractivity contribution in [1.29, 1.82) is 0 Å². The largest absolute Gasteiger partial charge is 0.368 e. The van der Waals surface area contributed by atoms with E-state index in [4.69, 9.17) is 10.5 Å². The second-order valence-corrected chi connectivity index (χ2v) is 8.30. The number of hydrogen-bond acceptors (Lipinski definition) is 5. The average molecular weight is 353 g/mol. The summed E-state index contributed by atoms with van der Waals surface area (Å²) in [6.07, 6.45) is 1.56. The van der Waals surface area contributed by atoms with Gasteiger partial charge in [0.05, 0.1) is 4.90 Å². The van der Waals surface area contributed by atoms with Crippen LogP contribution in [0.5, 0.6) is 0 Å². The number of amides is 1. The van der Waals surface area contributed by atoms with E-state index in [-0.39, 0.29) is 11.9 Å². The van der Waals surface area contributed by atoms with Gasteiger partial charge in [0.1, 0.15) is 5.60 Å². The first-order valence-corrected chi connectivity index (χ1v) is 9.46. The number of carbonyl (C=O) groups excluding carboxylic acids is 1. The molecule has 0 atom stereocenters. The molecule has 0 aromatic heterocycles. The molecule has 1 heterocycles. The number of rotatable bonds is 4. The number of nitrogens with two attached hydrogens (primary N) is 1. The van der Waals surface area contributed by atoms with Gasteiger partial charge in [0.15, 0.2) is 0 Å². The molecule has 0 spiro atoms. The maximum absolute atomic E-state index is 12.8. The first kappa shape index (κ1) is 17.3. The summed E-state index contributed by atoms with van der Waals surface area (Å²) in [4.78, 5) is 14.9. The molecule has 0 bridgehead atoms. The molecule has 2 aliphatic rings. The van der Waals surface area contributed by atoms with Gasteiger partial charge >= 0.3 is 0 Å². The van der Waals surface area contributed by atoms with Gasteiger partial charge < -0.3 is 15.4 Å². The summed E-state index contributed by atoms with van der Waals surface area (Å²) in [5.74, 6) is -0.0563. The molecule has 3 N–H and O–H groups in total. The van der Waals surface area contributed by atoms with E-state index in [1.807, 2.05) is 6.07 Å². The summed E-state index contributed by atoms with van der Waals surface area (Å²) in [7, 11) is -0.567. The Morgan fingerprint density at radius 2 is 2.12 bits per heavy atom. The van der Waals surface area contributed by atoms with Crippen molar-refractivity contribution >= 4 is 15.9 Å². The third-order valence-corrected chi connectivity index (χ3v) is 6.53. The van der Waals surface area contributed by atoms with Gasteiger partial charge in [-0.15, -0.1) is 0 Å². The summed E-state index contributed by atoms with van der Waals surface area (Å²) in [6.45, 7) is 0.865. The predicted molar refractivity (Wildman–Crippen MR) is 88.8 cm³/mol. The van der Waals surface area contributed by atoms with Crippen LogP contribution in [0, 0.1) is 0 Å². The molecule has 1 aromatic rings. The van der Waals surface area contributed by atoms with E-state index >= 15 is 0 Å². The van der Waals surface area contributed by atoms with Crippen molar-refractivity contribution in [3.05, 3.63) is 29.3 Å². The Morgan fingerprint density at radius 1 is 1.42 bits per heavy atom. The molecule has 1 amide bonds. The van der Waals surface area contributed by atoms with Crippen LogP contribution in [0.4, 0.5) is 0 Å². The van der Waals surface area contributed by atoms with Crippen LogP contribution in [0.1, 0.15) is 24.0 Å². The van der Waals surface area contributed by atoms with Crippen LogP contribution in [0.25, 0.3) is 0 Å². The Bertz CT molecular complexity index is 757. The molecule has 24 heavy (non-hydrogen) atoms. The lowest BCUT2D eigenvalue weighted by Crippen LogP contribution is -2.62. The van der Waals surface area contributed by atoms with Crippen LogP contribution in [0.3, 0.4) is 0 Å². The van der Waals surface area contributed by atoms with E-state index in [1.165, 1.54) is 7.05 Å². The third-order valence-electron chi connectivity index (χ3n) is 5.03. The van der Waals surface area contributed by atoms with Gasteiger partial charge in [-0.1, -0.05) is 12.1 Å². The zero-order valence-corrected chi connectivity index (χ0v) is 14.7. The molecule has 1 fully saturated rings. The fourth-order valence-electron chi connectivity index (χ4n) is 3.61. The van der Waals surface area contributed by atoms with E-state index < -0.39 is 15.6 Å². The van der Waals surface area contributed by atoms with Gasteiger partial charge in [-0.3, -0.25) is 4.79 Å². The average Bonchev–Trinajstić information content (AvgIpc) is 2.57. The molecular weight excluding hydrogens is 330 g/mol. The summed E-state index contributed by atoms with van der Waals surface area (Å²) >= 11 is 0. The lowest BCUT2D eigenvalue weighted by atomic mass is 9.74. The predicted octanol–water partition coefficient (Wildman–Crippen LogP) is -0.0143. The van der Waals surface area contributed by atoms with Crippen molar-refractivity contribution in [2.75, 3.05) is 20.7 Å². The van der Waals surface area contributed by atoms with Crippen LogP contribution in [0.15, 0.2) is 23.1 Å². The summed E-state index contributed by atoms with van der Waals surface area (Å²) in [5, 5.41) is 0. The molecule has 7 nitrogen and oxygen atoms in total. The van der Waals surface area contributed by atoms with Crippen LogP contribution in [-0.2, 0) is 32.5 Å². The van der Waals surface area contributed by atoms with Crippen molar-refractivity contribution in [2.24, 2.45) is 5.73 Å². The minimum Gasteiger partial charge on any atom is -0.368 e. The van der Waals surface area contributed by atoms with Crippen molar-refractivity contribution in [2.45, 2.75) is 42.3 Å². The van der Waals surface area contributed by atoms with Crippen molar-refractivity contribution in [3.63, 3.8) is 0 Å². The zero-order valence-electron chi connectivity index (χ0n) is 13.9. The fraction of sp³-hybridized carbons (Fsp3) is 0.562. The molecule has 3 rings (SSSR count). The second kappa shape index (κ2) is 6.11. The minimum atomic E-state index is -3.51. The zero-order chi connectivity index (χ0) is 17.5. The van der Waals surface area contributed by atoms with Gasteiger partial charge in [-0.2, -0.15) is 0 Å². The van der Waals surface area contributed by atoms with Crippen LogP contribution < -0.4 is 10.5 Å². The Labute approximate surface area is 142 Å². The van der Waals surface area contributed by atoms with Gasteiger partial charge in [-0.05, 0) is 30.7 Å². The molecule has 0 saturated heterocycles. The van der Waals surface area contributed by atoms with Gasteiger partial charge in [0.2, 0.25) is 10.0 Å². The van der Waals surface area contributed by atoms with E-state index in [2.05, 4.69) is 4.72 Å². The molecule has 1 saturated carbocycles. The Morgan fingerprint density at radius 3 is 2.71 bits per heavy atom. The molecule has 1 aliphatic heterocycles. The maximum atomic E-state index is 12.8. The lowest BCUT2D eigenvalue weighted by Gasteiger charge is -2.46. The van der Waals surface area contributed by atoms with E-state index in [0.717, 1.165) is 11.1 Å². The van der Waals surface area contributed by atoms with Crippen molar-refractivity contribution in [1.82, 2.24) is 9.62 Å². The number of nitrogens with zero attached hydrogens (tertiary/aromatic N) is 1. The number of methoxy groups -OCH3 is 1. The topological polar surface area (TPSA) is 102 Å². The number of sulfonamides is 1. The van der Waals surface area contributed by atoms with E-state index in [9.17, 15) is 13.2 Å². The highest BCUT2D eigenvalue weighted by Gasteiger charge is 2.51. The molecule has 8 heteroatoms. The standard InChI is InChI=1S/C16H23N3O4S/c1-18-24(21,22)14-5-3-4-11-10-19(7-6-13(11)14)15(20)16(23-2)8-12(17)9-16/h3-5,12,18H,6-10,17H2,1-2H3. The summed E-state index contributed by atoms with van der Waals surface area (Å²) < 4.78 is 32.1. The summed E-state index contributed by atoms with van der Waals surface area (Å²) in [6, 6.07) is 5.18. The first-order chi connectivity index (χ1) is 11.3. The van der Waals surface area contributed by atoms with E-state index in [0.29, 0.717) is 37.2 Å². The van der Waals surface area contributed by atoms with Gasteiger partial charge in [0.25, 0.3) is 5.91 Å². The number of fused-ring (bicyclic) bond motifs is 1. The molecular formula is C16H23N3O4S. The molecule has 1 aliphatic carbocycles. The molecule has 0 radical (unpaired) electrons. The summed E-state index contributed by atoms with van der Waals surface area (Å²) in [5.41, 5.74) is 6.67. The lowest BCUT2D eigenvalue weighted by molar-refractivity contribution is -0.169. The molecule has 1 aromatic carbocycles. The highest BCUT2D eigenvalue weighted by Crippen LogP contribution is 2.37. The Balaban J connectivity index is 1.86. The third kappa shape index (κ3) is 2.73. The minimum absolute atomic E-state index is 0.00153. The SMILES string of the molecule is CNS(=O)(=O)c1cccc2c1CCN(C(=O)C1(OC)CC(N)C1)C2. The number of benzene rings is 1. The quantitative estimate of drug-likeness (QED) is 0.792. The highest BCUT2D eigenvalue weighted by molar-refractivity contribution is 7.89. The van der Waals surface area contributed by atoms with Crippen molar-refractivity contribution < 1.29 is 17.9 Å². The van der Waals surface area contributed by atoms with Gasteiger partial charge in [0, 0.05) is 39.1 Å².